The van der Waals surface area contributed by atoms with Gasteiger partial charge in [0.05, 0.1) is 4.90 Å². The molecule has 0 bridgehead atoms. The average Bonchev–Trinajstić information content (AvgIpc) is 2.68. The molecule has 1 fully saturated rings. The zero-order chi connectivity index (χ0) is 18.6. The smallest absolute Gasteiger partial charge is 0.261 e. The Morgan fingerprint density at radius 1 is 1.08 bits per heavy atom. The molecule has 2 N–H and O–H groups in total. The van der Waals surface area contributed by atoms with Gasteiger partial charge in [-0.15, -0.1) is 0 Å². The molecule has 3 rings (SSSR count). The molecule has 1 amide bonds. The first-order valence-electron chi connectivity index (χ1n) is 8.64. The minimum absolute atomic E-state index is 0.0649. The van der Waals surface area contributed by atoms with Crippen LogP contribution in [0.4, 0.5) is 5.69 Å². The Hall–Kier alpha value is -2.38. The van der Waals surface area contributed by atoms with Gasteiger partial charge in [0, 0.05) is 30.4 Å². The summed E-state index contributed by atoms with van der Waals surface area (Å²) in [7, 11) is -1.78. The zero-order valence-corrected chi connectivity index (χ0v) is 15.5. The highest BCUT2D eigenvalue weighted by atomic mass is 32.2. The number of para-hydroxylation sites is 1. The summed E-state index contributed by atoms with van der Waals surface area (Å²) in [5, 5.41) is 3.21. The van der Waals surface area contributed by atoms with Crippen molar-refractivity contribution in [2.45, 2.75) is 23.8 Å². The second kappa shape index (κ2) is 7.88. The average molecular weight is 373 g/mol. The first kappa shape index (κ1) is 18.4. The van der Waals surface area contributed by atoms with Crippen LogP contribution in [0.15, 0.2) is 59.5 Å². The largest absolute Gasteiger partial charge is 0.337 e. The number of likely N-dealkylation sites (N-methyl/N-ethyl adjacent to an activating group) is 1. The lowest BCUT2D eigenvalue weighted by atomic mass is 10.0. The molecule has 138 valence electrons. The van der Waals surface area contributed by atoms with Gasteiger partial charge in [-0.25, -0.2) is 8.42 Å². The number of hydrogen-bond donors (Lipinski definition) is 2. The second-order valence-electron chi connectivity index (χ2n) is 6.37. The van der Waals surface area contributed by atoms with E-state index in [1.54, 1.807) is 36.4 Å². The van der Waals surface area contributed by atoms with Crippen LogP contribution < -0.4 is 10.0 Å². The van der Waals surface area contributed by atoms with Gasteiger partial charge in [-0.1, -0.05) is 18.2 Å². The Morgan fingerprint density at radius 3 is 2.42 bits per heavy atom. The van der Waals surface area contributed by atoms with E-state index in [2.05, 4.69) is 10.0 Å². The van der Waals surface area contributed by atoms with Gasteiger partial charge in [0.1, 0.15) is 0 Å². The predicted molar refractivity (Wildman–Crippen MR) is 102 cm³/mol. The van der Waals surface area contributed by atoms with Gasteiger partial charge in [0.2, 0.25) is 0 Å². The maximum Gasteiger partial charge on any atom is 0.261 e. The van der Waals surface area contributed by atoms with Crippen LogP contribution in [0.2, 0.25) is 0 Å². The Labute approximate surface area is 154 Å². The quantitative estimate of drug-likeness (QED) is 0.843. The van der Waals surface area contributed by atoms with E-state index in [4.69, 9.17) is 0 Å². The van der Waals surface area contributed by atoms with Gasteiger partial charge in [-0.2, -0.15) is 0 Å². The summed E-state index contributed by atoms with van der Waals surface area (Å²) in [4.78, 5) is 14.6. The van der Waals surface area contributed by atoms with Crippen molar-refractivity contribution in [1.82, 2.24) is 10.2 Å². The van der Waals surface area contributed by atoms with Crippen molar-refractivity contribution >= 4 is 21.6 Å². The number of nitrogens with zero attached hydrogens (tertiary/aromatic N) is 1. The van der Waals surface area contributed by atoms with E-state index < -0.39 is 10.0 Å². The van der Waals surface area contributed by atoms with Crippen molar-refractivity contribution in [2.24, 2.45) is 0 Å². The molecule has 1 aliphatic rings. The fourth-order valence-corrected chi connectivity index (χ4v) is 4.14. The molecule has 0 saturated carbocycles. The normalized spacial score (nSPS) is 17.7. The number of nitrogens with one attached hydrogen (secondary N) is 2. The van der Waals surface area contributed by atoms with Crippen LogP contribution in [-0.4, -0.2) is 45.4 Å². The third-order valence-corrected chi connectivity index (χ3v) is 5.95. The summed E-state index contributed by atoms with van der Waals surface area (Å²) in [5.74, 6) is -0.0649. The number of benzene rings is 2. The highest BCUT2D eigenvalue weighted by Gasteiger charge is 2.24. The Morgan fingerprint density at radius 2 is 1.77 bits per heavy atom. The Bertz CT molecular complexity index is 851. The van der Waals surface area contributed by atoms with E-state index in [-0.39, 0.29) is 10.8 Å². The number of rotatable bonds is 5. The molecule has 7 heteroatoms. The van der Waals surface area contributed by atoms with Crippen molar-refractivity contribution in [2.75, 3.05) is 24.9 Å². The number of amides is 1. The number of likely N-dealkylation sites (tertiary alicyclic amines) is 1. The molecule has 1 aliphatic heterocycles. The monoisotopic (exact) mass is 373 g/mol. The number of anilines is 1. The van der Waals surface area contributed by atoms with Crippen LogP contribution >= 0.6 is 0 Å². The maximum absolute atomic E-state index is 12.6. The van der Waals surface area contributed by atoms with Gasteiger partial charge in [0.15, 0.2) is 0 Å². The van der Waals surface area contributed by atoms with Crippen LogP contribution in [-0.2, 0) is 10.0 Å². The molecule has 0 aromatic heterocycles. The Balaban J connectivity index is 1.72. The molecule has 6 nitrogen and oxygen atoms in total. The third-order valence-electron chi connectivity index (χ3n) is 4.55. The van der Waals surface area contributed by atoms with E-state index in [0.29, 0.717) is 23.8 Å². The molecule has 0 spiro atoms. The van der Waals surface area contributed by atoms with Crippen LogP contribution in [0.3, 0.4) is 0 Å². The lowest BCUT2D eigenvalue weighted by molar-refractivity contribution is 0.0698. The molecule has 1 atom stereocenters. The number of carbonyl (C=O) groups excluding carboxylic acids is 1. The molecule has 1 saturated heterocycles. The lowest BCUT2D eigenvalue weighted by Gasteiger charge is -2.32. The standard InChI is InChI=1S/C19H23N3O3S/c1-20-17-8-5-13-22(14-17)19(23)15-9-11-18(12-10-15)26(24,25)21-16-6-3-2-4-7-16/h2-4,6-7,9-12,17,20-21H,5,8,13-14H2,1H3. The molecular weight excluding hydrogens is 350 g/mol. The van der Waals surface area contributed by atoms with Crippen LogP contribution in [0.25, 0.3) is 0 Å². The summed E-state index contributed by atoms with van der Waals surface area (Å²) < 4.78 is 27.4. The summed E-state index contributed by atoms with van der Waals surface area (Å²) in [6.45, 7) is 1.40. The van der Waals surface area contributed by atoms with E-state index in [1.165, 1.54) is 12.1 Å². The summed E-state index contributed by atoms with van der Waals surface area (Å²) in [5.41, 5.74) is 1.000. The fourth-order valence-electron chi connectivity index (χ4n) is 3.08. The van der Waals surface area contributed by atoms with Crippen LogP contribution in [0, 0.1) is 0 Å². The molecule has 1 unspecified atom stereocenters. The SMILES string of the molecule is CNC1CCCN(C(=O)c2ccc(S(=O)(=O)Nc3ccccc3)cc2)C1. The van der Waals surface area contributed by atoms with Crippen LogP contribution in [0.5, 0.6) is 0 Å². The van der Waals surface area contributed by atoms with Gasteiger partial charge in [0.25, 0.3) is 15.9 Å². The molecule has 1 heterocycles. The number of sulfonamides is 1. The maximum atomic E-state index is 12.6. The molecular formula is C19H23N3O3S. The van der Waals surface area contributed by atoms with Crippen molar-refractivity contribution in [1.29, 1.82) is 0 Å². The van der Waals surface area contributed by atoms with Crippen molar-refractivity contribution in [3.05, 3.63) is 60.2 Å². The van der Waals surface area contributed by atoms with Gasteiger partial charge in [-0.3, -0.25) is 9.52 Å². The summed E-state index contributed by atoms with van der Waals surface area (Å²) >= 11 is 0. The highest BCUT2D eigenvalue weighted by Crippen LogP contribution is 2.18. The van der Waals surface area contributed by atoms with Gasteiger partial charge >= 0.3 is 0 Å². The van der Waals surface area contributed by atoms with Crippen LogP contribution in [0.1, 0.15) is 23.2 Å². The van der Waals surface area contributed by atoms with Gasteiger partial charge in [-0.05, 0) is 56.3 Å². The zero-order valence-electron chi connectivity index (χ0n) is 14.7. The molecule has 26 heavy (non-hydrogen) atoms. The summed E-state index contributed by atoms with van der Waals surface area (Å²) in [6.07, 6.45) is 2.02. The molecule has 0 radical (unpaired) electrons. The lowest BCUT2D eigenvalue weighted by Crippen LogP contribution is -2.46. The van der Waals surface area contributed by atoms with E-state index >= 15 is 0 Å². The first-order valence-corrected chi connectivity index (χ1v) is 10.1. The minimum Gasteiger partial charge on any atom is -0.337 e. The van der Waals surface area contributed by atoms with E-state index in [0.717, 1.165) is 19.4 Å². The van der Waals surface area contributed by atoms with E-state index in [9.17, 15) is 13.2 Å². The number of carbonyl (C=O) groups is 1. The number of piperidine rings is 1. The Kier molecular flexibility index (Phi) is 5.58. The molecule has 2 aromatic rings. The first-order chi connectivity index (χ1) is 12.5. The van der Waals surface area contributed by atoms with Crippen molar-refractivity contribution in [3.8, 4) is 0 Å². The second-order valence-corrected chi connectivity index (χ2v) is 8.06. The van der Waals surface area contributed by atoms with Gasteiger partial charge < -0.3 is 10.2 Å². The van der Waals surface area contributed by atoms with Crippen molar-refractivity contribution in [3.63, 3.8) is 0 Å². The predicted octanol–water partition coefficient (Wildman–Crippen LogP) is 2.31. The molecule has 2 aromatic carbocycles. The topological polar surface area (TPSA) is 78.5 Å². The number of hydrogen-bond acceptors (Lipinski definition) is 4. The minimum atomic E-state index is -3.68. The highest BCUT2D eigenvalue weighted by molar-refractivity contribution is 7.92. The molecule has 0 aliphatic carbocycles. The summed E-state index contributed by atoms with van der Waals surface area (Å²) in [6, 6.07) is 15.1. The van der Waals surface area contributed by atoms with Crippen molar-refractivity contribution < 1.29 is 13.2 Å². The fraction of sp³-hybridized carbons (Fsp3) is 0.316. The third kappa shape index (κ3) is 4.23. The van der Waals surface area contributed by atoms with E-state index in [1.807, 2.05) is 18.0 Å².